The van der Waals surface area contributed by atoms with Crippen molar-refractivity contribution in [1.82, 2.24) is 9.88 Å². The van der Waals surface area contributed by atoms with Crippen LogP contribution in [-0.4, -0.2) is 15.8 Å². The molecule has 0 bridgehead atoms. The summed E-state index contributed by atoms with van der Waals surface area (Å²) in [6.07, 6.45) is 0. The number of rotatable bonds is 5. The van der Waals surface area contributed by atoms with Crippen molar-refractivity contribution in [2.75, 3.05) is 0 Å². The summed E-state index contributed by atoms with van der Waals surface area (Å²) in [6.45, 7) is 4.80. The number of aryl methyl sites for hydroxylation is 2. The largest absolute Gasteiger partial charge is 0.330 e. The Bertz CT molecular complexity index is 830. The first kappa shape index (κ1) is 18.2. The van der Waals surface area contributed by atoms with Crippen molar-refractivity contribution in [3.8, 4) is 0 Å². The number of amides is 1. The zero-order chi connectivity index (χ0) is 18.5. The number of benzene rings is 2. The van der Waals surface area contributed by atoms with Gasteiger partial charge in [0.2, 0.25) is 0 Å². The molecular weight excluding hydrogens is 344 g/mol. The van der Waals surface area contributed by atoms with Crippen molar-refractivity contribution in [3.63, 3.8) is 0 Å². The maximum Gasteiger partial charge on any atom is 0.257 e. The Morgan fingerprint density at radius 2 is 1.42 bits per heavy atom. The molecule has 1 amide bonds. The number of pyridine rings is 1. The topological polar surface area (TPSA) is 33.2 Å². The van der Waals surface area contributed by atoms with Crippen LogP contribution in [0, 0.1) is 13.8 Å². The smallest absolute Gasteiger partial charge is 0.257 e. The van der Waals surface area contributed by atoms with Gasteiger partial charge in [-0.3, -0.25) is 4.79 Å². The third-order valence-corrected chi connectivity index (χ3v) is 4.51. The van der Waals surface area contributed by atoms with Crippen LogP contribution in [0.15, 0.2) is 66.7 Å². The lowest BCUT2D eigenvalue weighted by Crippen LogP contribution is -2.31. The number of aromatic nitrogens is 1. The van der Waals surface area contributed by atoms with E-state index in [0.29, 0.717) is 18.7 Å². The van der Waals surface area contributed by atoms with Gasteiger partial charge in [-0.25, -0.2) is 4.98 Å². The molecule has 26 heavy (non-hydrogen) atoms. The number of hydrogen-bond donors (Lipinski definition) is 0. The summed E-state index contributed by atoms with van der Waals surface area (Å²) in [6, 6.07) is 21.8. The molecule has 0 unspecified atom stereocenters. The summed E-state index contributed by atoms with van der Waals surface area (Å²) in [5.41, 5.74) is 4.28. The first-order valence-electron chi connectivity index (χ1n) is 8.55. The quantitative estimate of drug-likeness (QED) is 0.583. The van der Waals surface area contributed by atoms with Crippen LogP contribution in [0.3, 0.4) is 0 Å². The van der Waals surface area contributed by atoms with E-state index in [1.54, 1.807) is 0 Å². The highest BCUT2D eigenvalue weighted by Gasteiger charge is 2.22. The Balaban J connectivity index is 1.95. The Hall–Kier alpha value is -2.65. The van der Waals surface area contributed by atoms with Gasteiger partial charge < -0.3 is 4.90 Å². The summed E-state index contributed by atoms with van der Waals surface area (Å²) in [4.78, 5) is 19.4. The number of halogens is 1. The van der Waals surface area contributed by atoms with E-state index >= 15 is 0 Å². The van der Waals surface area contributed by atoms with Gasteiger partial charge in [0.05, 0.1) is 5.56 Å². The Kier molecular flexibility index (Phi) is 5.69. The number of carbonyl (C=O) groups excluding carboxylic acids is 1. The van der Waals surface area contributed by atoms with E-state index in [1.165, 1.54) is 0 Å². The maximum absolute atomic E-state index is 13.3. The molecule has 0 spiro atoms. The van der Waals surface area contributed by atoms with Crippen molar-refractivity contribution < 1.29 is 4.79 Å². The van der Waals surface area contributed by atoms with Gasteiger partial charge in [-0.2, -0.15) is 0 Å². The minimum absolute atomic E-state index is 0.104. The lowest BCUT2D eigenvalue weighted by Gasteiger charge is -2.24. The van der Waals surface area contributed by atoms with Gasteiger partial charge in [0.25, 0.3) is 5.91 Å². The molecule has 3 aromatic rings. The second kappa shape index (κ2) is 8.15. The Morgan fingerprint density at radius 3 is 1.88 bits per heavy atom. The highest BCUT2D eigenvalue weighted by atomic mass is 35.5. The summed E-state index contributed by atoms with van der Waals surface area (Å²) in [5, 5.41) is 0.263. The van der Waals surface area contributed by atoms with Gasteiger partial charge in [-0.1, -0.05) is 72.3 Å². The molecule has 3 rings (SSSR count). The summed E-state index contributed by atoms with van der Waals surface area (Å²) in [7, 11) is 0. The van der Waals surface area contributed by atoms with Crippen molar-refractivity contribution in [3.05, 3.63) is 99.8 Å². The van der Waals surface area contributed by atoms with Crippen LogP contribution in [0.5, 0.6) is 0 Å². The average Bonchev–Trinajstić information content (AvgIpc) is 2.62. The molecule has 132 valence electrons. The van der Waals surface area contributed by atoms with Crippen molar-refractivity contribution in [2.45, 2.75) is 26.9 Å². The van der Waals surface area contributed by atoms with Crippen molar-refractivity contribution >= 4 is 17.5 Å². The van der Waals surface area contributed by atoms with E-state index in [9.17, 15) is 4.79 Å². The van der Waals surface area contributed by atoms with E-state index in [4.69, 9.17) is 11.6 Å². The SMILES string of the molecule is Cc1cc(C)c(C(=O)N(Cc2ccccc2)Cc2ccccc2)c(Cl)n1. The third kappa shape index (κ3) is 4.30. The van der Waals surface area contributed by atoms with Crippen LogP contribution in [0.1, 0.15) is 32.7 Å². The number of carbonyl (C=O) groups is 1. The minimum Gasteiger partial charge on any atom is -0.330 e. The fourth-order valence-electron chi connectivity index (χ4n) is 3.01. The molecule has 3 nitrogen and oxygen atoms in total. The van der Waals surface area contributed by atoms with Crippen LogP contribution in [0.4, 0.5) is 0 Å². The molecule has 0 aliphatic carbocycles. The van der Waals surface area contributed by atoms with Crippen LogP contribution >= 0.6 is 11.6 Å². The molecule has 0 aliphatic heterocycles. The minimum atomic E-state index is -0.104. The van der Waals surface area contributed by atoms with Crippen LogP contribution in [0.2, 0.25) is 5.15 Å². The van der Waals surface area contributed by atoms with Crippen molar-refractivity contribution in [1.29, 1.82) is 0 Å². The second-order valence-electron chi connectivity index (χ2n) is 6.38. The number of nitrogens with zero attached hydrogens (tertiary/aromatic N) is 2. The van der Waals surface area contributed by atoms with Gasteiger partial charge in [0.15, 0.2) is 0 Å². The molecular formula is C22H21ClN2O. The fraction of sp³-hybridized carbons (Fsp3) is 0.182. The maximum atomic E-state index is 13.3. The molecule has 0 N–H and O–H groups in total. The van der Waals surface area contributed by atoms with E-state index in [1.807, 2.05) is 85.5 Å². The average molecular weight is 365 g/mol. The van der Waals surface area contributed by atoms with E-state index in [2.05, 4.69) is 4.98 Å². The van der Waals surface area contributed by atoms with E-state index in [0.717, 1.165) is 22.4 Å². The predicted octanol–water partition coefficient (Wildman–Crippen LogP) is 5.19. The van der Waals surface area contributed by atoms with Crippen molar-refractivity contribution in [2.24, 2.45) is 0 Å². The first-order chi connectivity index (χ1) is 12.5. The Labute approximate surface area is 159 Å². The molecule has 0 saturated carbocycles. The Morgan fingerprint density at radius 1 is 0.923 bits per heavy atom. The van der Waals surface area contributed by atoms with Gasteiger partial charge in [-0.05, 0) is 36.6 Å². The number of hydrogen-bond acceptors (Lipinski definition) is 2. The molecule has 2 aromatic carbocycles. The van der Waals surface area contributed by atoms with Gasteiger partial charge >= 0.3 is 0 Å². The molecule has 0 saturated heterocycles. The highest BCUT2D eigenvalue weighted by Crippen LogP contribution is 2.23. The van der Waals surface area contributed by atoms with E-state index in [-0.39, 0.29) is 11.1 Å². The molecule has 0 atom stereocenters. The lowest BCUT2D eigenvalue weighted by atomic mass is 10.1. The van der Waals surface area contributed by atoms with Gasteiger partial charge in [0.1, 0.15) is 5.15 Å². The normalized spacial score (nSPS) is 10.6. The third-order valence-electron chi connectivity index (χ3n) is 4.23. The second-order valence-corrected chi connectivity index (χ2v) is 6.74. The lowest BCUT2D eigenvalue weighted by molar-refractivity contribution is 0.0729. The summed E-state index contributed by atoms with van der Waals surface area (Å²) in [5.74, 6) is -0.104. The standard InChI is InChI=1S/C22H21ClN2O/c1-16-13-17(2)24-21(23)20(16)22(26)25(14-18-9-5-3-6-10-18)15-19-11-7-4-8-12-19/h3-13H,14-15H2,1-2H3. The van der Waals surface area contributed by atoms with Crippen LogP contribution < -0.4 is 0 Å². The van der Waals surface area contributed by atoms with Gasteiger partial charge in [-0.15, -0.1) is 0 Å². The molecule has 0 aliphatic rings. The molecule has 0 fully saturated rings. The van der Waals surface area contributed by atoms with E-state index < -0.39 is 0 Å². The molecule has 0 radical (unpaired) electrons. The highest BCUT2D eigenvalue weighted by molar-refractivity contribution is 6.32. The van der Waals surface area contributed by atoms with Crippen LogP contribution in [-0.2, 0) is 13.1 Å². The van der Waals surface area contributed by atoms with Crippen LogP contribution in [0.25, 0.3) is 0 Å². The monoisotopic (exact) mass is 364 g/mol. The zero-order valence-corrected chi connectivity index (χ0v) is 15.7. The first-order valence-corrected chi connectivity index (χ1v) is 8.93. The molecule has 1 heterocycles. The summed E-state index contributed by atoms with van der Waals surface area (Å²) < 4.78 is 0. The fourth-order valence-corrected chi connectivity index (χ4v) is 3.38. The molecule has 4 heteroatoms. The predicted molar refractivity (Wildman–Crippen MR) is 105 cm³/mol. The zero-order valence-electron chi connectivity index (χ0n) is 14.9. The summed E-state index contributed by atoms with van der Waals surface area (Å²) >= 11 is 6.32. The van der Waals surface area contributed by atoms with Gasteiger partial charge in [0, 0.05) is 18.8 Å². The molecule has 1 aromatic heterocycles.